The molecule has 0 heterocycles. The summed E-state index contributed by atoms with van der Waals surface area (Å²) in [6.07, 6.45) is 63.6. The number of Topliss-reactive ketones (excluding diaryl/α,β-unsaturated/α-hetero) is 1. The van der Waals surface area contributed by atoms with Crippen LogP contribution >= 0.6 is 59.3 Å². The van der Waals surface area contributed by atoms with E-state index in [9.17, 15) is 46.6 Å². The summed E-state index contributed by atoms with van der Waals surface area (Å²) in [4.78, 5) is 110. The monoisotopic (exact) mass is 1680 g/mol. The predicted molar refractivity (Wildman–Crippen MR) is 484 cm³/mol. The molecular formula is C83H171N3O13P4S4. The number of nitrogens with one attached hydrogen (secondary N) is 3. The number of unbranched alkanes of at least 4 members (excludes halogenated alkanes) is 40. The quantitative estimate of drug-likeness (QED) is 0.00933. The molecule has 7 atom stereocenters. The number of carbonyl (C=O) groups excluding carboxylic acids is 8. The van der Waals surface area contributed by atoms with Crippen LogP contribution in [0.1, 0.15) is 369 Å². The molecule has 640 valence electrons. The molecule has 0 saturated heterocycles. The Hall–Kier alpha value is -1.09. The minimum absolute atomic E-state index is 0.0542. The molecular weight excluding hydrogens is 1500 g/mol. The van der Waals surface area contributed by atoms with Gasteiger partial charge < -0.3 is 44.0 Å². The smallest absolute Gasteiger partial charge is 0.306 e. The van der Waals surface area contributed by atoms with Crippen molar-refractivity contribution < 1.29 is 62.2 Å². The topological polar surface area (TPSA) is 230 Å². The second-order valence-electron chi connectivity index (χ2n) is 31.5. The number of thiol groups is 4. The fourth-order valence-electron chi connectivity index (χ4n) is 12.1. The third kappa shape index (κ3) is 71.2. The van der Waals surface area contributed by atoms with E-state index in [1.165, 1.54) is 206 Å². The van der Waals surface area contributed by atoms with Gasteiger partial charge in [0, 0.05) is 76.7 Å². The lowest BCUT2D eigenvalue weighted by Crippen LogP contribution is -2.39. The Labute approximate surface area is 674 Å². The van der Waals surface area contributed by atoms with Gasteiger partial charge in [-0.05, 0) is 96.1 Å². The van der Waals surface area contributed by atoms with E-state index in [0.29, 0.717) is 35.7 Å². The Balaban J connectivity index is 0. The molecule has 0 aromatic carbocycles. The van der Waals surface area contributed by atoms with Crippen LogP contribution in [0.3, 0.4) is 0 Å². The highest BCUT2D eigenvalue weighted by atomic mass is 33.2. The average molecular weight is 1680 g/mol. The summed E-state index contributed by atoms with van der Waals surface area (Å²) in [5.74, 6) is -2.59. The van der Waals surface area contributed by atoms with Crippen LogP contribution in [0.2, 0.25) is 0 Å². The minimum Gasteiger partial charge on any atom is -0.462 e. The lowest BCUT2D eigenvalue weighted by Gasteiger charge is -2.60. The van der Waals surface area contributed by atoms with Gasteiger partial charge in [-0.25, -0.2) is 38.8 Å². The molecule has 107 heavy (non-hydrogen) atoms. The Morgan fingerprint density at radius 2 is 0.738 bits per heavy atom. The van der Waals surface area contributed by atoms with Gasteiger partial charge in [0.15, 0.2) is 12.2 Å². The highest BCUT2D eigenvalue weighted by Gasteiger charge is 2.36. The fourth-order valence-corrected chi connectivity index (χ4v) is 49.7. The van der Waals surface area contributed by atoms with Gasteiger partial charge in [0.1, 0.15) is 19.0 Å². The van der Waals surface area contributed by atoms with E-state index in [2.05, 4.69) is 49.7 Å². The number of ether oxygens (including phenoxy) is 4. The molecule has 16 nitrogen and oxygen atoms in total. The van der Waals surface area contributed by atoms with Crippen molar-refractivity contribution in [2.24, 2.45) is 0 Å². The first kappa shape index (κ1) is 100. The largest absolute Gasteiger partial charge is 0.462 e. The maximum absolute atomic E-state index is 13.6. The van der Waals surface area contributed by atoms with E-state index in [4.69, 9.17) is 20.1 Å². The van der Waals surface area contributed by atoms with Gasteiger partial charge in [0.2, 0.25) is 17.7 Å². The zero-order chi connectivity index (χ0) is 83.9. The van der Waals surface area contributed by atoms with Crippen LogP contribution in [-0.2, 0) is 66.4 Å². The summed E-state index contributed by atoms with van der Waals surface area (Å²) in [6.45, 7) is 14.2. The summed E-state index contributed by atoms with van der Waals surface area (Å²) in [6, 6.07) is 0. The first-order valence-electron chi connectivity index (χ1n) is 44.1. The van der Waals surface area contributed by atoms with Gasteiger partial charge in [0.05, 0.1) is 17.6 Å². The van der Waals surface area contributed by atoms with Gasteiger partial charge in [-0.15, -0.1) is 0 Å². The second-order valence-corrected chi connectivity index (χ2v) is 65.1. The molecule has 24 heteroatoms. The number of ketones is 1. The zero-order valence-electron chi connectivity index (χ0n) is 75.2. The Morgan fingerprint density at radius 3 is 1.04 bits per heavy atom. The van der Waals surface area contributed by atoms with Crippen LogP contribution in [0.25, 0.3) is 0 Å². The van der Waals surface area contributed by atoms with E-state index in [1.54, 1.807) is 18.8 Å². The van der Waals surface area contributed by atoms with Crippen LogP contribution in [0.4, 0.5) is 0 Å². The molecule has 5 unspecified atom stereocenters. The molecule has 3 amide bonds. The van der Waals surface area contributed by atoms with Crippen molar-refractivity contribution >= 4 is 116 Å². The van der Waals surface area contributed by atoms with Crippen LogP contribution in [0.5, 0.6) is 0 Å². The van der Waals surface area contributed by atoms with Crippen molar-refractivity contribution in [1.29, 1.82) is 4.50 Å². The number of carbonyl (C=O) groups is 8. The summed E-state index contributed by atoms with van der Waals surface area (Å²) in [5.41, 5.74) is 1.53. The van der Waals surface area contributed by atoms with Crippen LogP contribution in [-0.4, -0.2) is 169 Å². The molecule has 0 aromatic heterocycles. The second kappa shape index (κ2) is 72.6. The Bertz CT molecular complexity index is 2580. The molecule has 0 radical (unpaired) electrons. The third-order valence-corrected chi connectivity index (χ3v) is 58.7. The number of rotatable bonds is 74. The van der Waals surface area contributed by atoms with Crippen molar-refractivity contribution in [2.75, 3.05) is 99.9 Å². The minimum atomic E-state index is -4.13. The normalized spacial score (nSPS) is 16.3. The molecule has 4 N–H and O–H groups in total. The molecule has 0 bridgehead atoms. The van der Waals surface area contributed by atoms with E-state index < -0.39 is 82.3 Å². The van der Waals surface area contributed by atoms with E-state index in [-0.39, 0.29) is 103 Å². The van der Waals surface area contributed by atoms with Gasteiger partial charge in [0.25, 0.3) is 0 Å². The number of hydrogen-bond donors (Lipinski definition) is 8. The molecule has 0 aliphatic rings. The van der Waals surface area contributed by atoms with Gasteiger partial charge in [-0.2, -0.15) is 0 Å². The van der Waals surface area contributed by atoms with Crippen molar-refractivity contribution in [3.8, 4) is 0 Å². The van der Waals surface area contributed by atoms with Crippen LogP contribution < -0.4 is 15.4 Å². The maximum atomic E-state index is 13.6. The SMILES string of the molecule is CCCCCCCCCCCCCC(=O)OC[C@@H](CNC(=O)CCC(C)=O)OC(=O)CCCCCCCCCCCCC.[3H]S(C)(CP=S([3H])(C)(C)CPO)P(C)CS([3H])(C)P(C)S([3H])(C)(C)(C)NC(=O)CCC(=O)NC[C@H](COC(=O)CCCCCCCCCCCCC)OC(=O)CCCCCCCCCCCCC. The number of amides is 3. The van der Waals surface area contributed by atoms with E-state index in [0.717, 1.165) is 84.4 Å². The molecule has 0 aromatic rings. The third-order valence-electron chi connectivity index (χ3n) is 19.4. The van der Waals surface area contributed by atoms with Gasteiger partial charge >= 0.3 is 23.9 Å². The van der Waals surface area contributed by atoms with Crippen LogP contribution in [0, 0.1) is 0 Å². The molecule has 0 saturated carbocycles. The summed E-state index contributed by atoms with van der Waals surface area (Å²) in [5, 5.41) is 5.49. The highest BCUT2D eigenvalue weighted by Crippen LogP contribution is 2.91. The maximum Gasteiger partial charge on any atom is 0.306 e. The summed E-state index contributed by atoms with van der Waals surface area (Å²) >= 11 is 0. The standard InChI is InChI=1S/C47H104N2O7P4S4.C36H67NO6/c1-12-14-16-18-20-22-24-26-28-30-32-34-46(52)55-39-43(56-47(53)35-33-31-29-27-25-23-21-19-17-15-13-2)38-48-44(50)36-37-45(51)49-64(9,10,11)60(4)62(6)42-59(3)61(5)40-58-63(7,8)41-57-54;1-4-6-8-10-12-14-16-18-20-22-24-26-35(40)42-31-33(30-37-34(39)29-28-32(3)38)43-36(41)27-25-23-21-19-17-15-13-11-9-7-5-2/h43,54,57,61-64H,12-42H2,1-11H3,(H,48,50)(H,49,51);33H,4-31H2,1-3H3,(H,37,39)/t43-,59?,60?;33-/m11/s1/i61T,62T,63T,64T;. The van der Waals surface area contributed by atoms with E-state index in [1.807, 2.05) is 31.7 Å². The van der Waals surface area contributed by atoms with Crippen molar-refractivity contribution in [3.63, 3.8) is 0 Å². The van der Waals surface area contributed by atoms with Gasteiger partial charge in [-0.3, -0.25) is 33.6 Å². The Morgan fingerprint density at radius 1 is 0.458 bits per heavy atom. The molecule has 0 fully saturated rings. The molecule has 0 spiro atoms. The van der Waals surface area contributed by atoms with Crippen molar-refractivity contribution in [3.05, 3.63) is 0 Å². The lowest BCUT2D eigenvalue weighted by molar-refractivity contribution is -0.159. The number of hydrogen-bond acceptors (Lipinski definition) is 13. The van der Waals surface area contributed by atoms with Gasteiger partial charge in [-0.1, -0.05) is 299 Å². The van der Waals surface area contributed by atoms with Crippen molar-refractivity contribution in [2.45, 2.75) is 381 Å². The lowest BCUT2D eigenvalue weighted by atomic mass is 10.1. The van der Waals surface area contributed by atoms with Crippen molar-refractivity contribution in [1.82, 2.24) is 15.4 Å². The number of esters is 4. The van der Waals surface area contributed by atoms with Crippen LogP contribution in [0.15, 0.2) is 0 Å². The zero-order valence-corrected chi connectivity index (χ0v) is 78.1. The molecule has 0 aliphatic heterocycles. The first-order valence-corrected chi connectivity index (χ1v) is 60.4. The predicted octanol–water partition coefficient (Wildman–Crippen LogP) is 22.8. The molecule has 0 aliphatic carbocycles. The Kier molecular flexibility index (Phi) is 67.9. The molecule has 0 rings (SSSR count). The van der Waals surface area contributed by atoms with E-state index >= 15 is 0 Å². The summed E-state index contributed by atoms with van der Waals surface area (Å²) in [7, 11) is -11.1. The highest BCUT2D eigenvalue weighted by molar-refractivity contribution is 9.09. The fraction of sp³-hybridized carbons (Fsp3) is 0.904. The average Bonchev–Trinajstić information content (AvgIpc) is 0.704. The first-order chi connectivity index (χ1) is 52.3. The summed E-state index contributed by atoms with van der Waals surface area (Å²) < 4.78 is 63.2.